The number of fused-ring (bicyclic) bond motifs is 4. The van der Waals surface area contributed by atoms with Gasteiger partial charge in [-0.1, -0.05) is 12.1 Å². The highest BCUT2D eigenvalue weighted by Crippen LogP contribution is 2.52. The van der Waals surface area contributed by atoms with Gasteiger partial charge in [0.15, 0.2) is 23.5 Å². The minimum absolute atomic E-state index is 0.138. The lowest BCUT2D eigenvalue weighted by Crippen LogP contribution is -2.31. The average molecular weight is 418 g/mol. The standard InChI is InChI=1S/C24H16F2N2O3/c25-18-5-17(9-27-10-18)14-1-2-22-19(6-14)24(12-30-13-28-24)20-7-16(15-3-4-29-11-15)8-21(26)23(20)31-22/h1-3,5-10,13H,4,11-12H2/t24-/m0/s1. The zero-order valence-corrected chi connectivity index (χ0v) is 16.3. The number of ether oxygens (including phenoxy) is 3. The molecule has 154 valence electrons. The van der Waals surface area contributed by atoms with E-state index < -0.39 is 17.2 Å². The van der Waals surface area contributed by atoms with Gasteiger partial charge in [0.1, 0.15) is 18.2 Å². The lowest BCUT2D eigenvalue weighted by atomic mass is 9.79. The summed E-state index contributed by atoms with van der Waals surface area (Å²) >= 11 is 0. The molecule has 0 N–H and O–H groups in total. The first kappa shape index (κ1) is 18.2. The number of nitrogens with zero attached hydrogens (tertiary/aromatic N) is 2. The molecule has 1 atom stereocenters. The summed E-state index contributed by atoms with van der Waals surface area (Å²) in [5.74, 6) is -0.268. The fraction of sp³-hybridized carbons (Fsp3) is 0.167. The van der Waals surface area contributed by atoms with Crippen LogP contribution in [0.2, 0.25) is 0 Å². The average Bonchev–Trinajstić information content (AvgIpc) is 3.48. The van der Waals surface area contributed by atoms with Crippen LogP contribution in [0.3, 0.4) is 0 Å². The summed E-state index contributed by atoms with van der Waals surface area (Å²) in [6.45, 7) is 1.14. The molecule has 0 amide bonds. The van der Waals surface area contributed by atoms with E-state index in [9.17, 15) is 4.39 Å². The van der Waals surface area contributed by atoms with Gasteiger partial charge in [0, 0.05) is 22.9 Å². The molecule has 0 fully saturated rings. The van der Waals surface area contributed by atoms with Crippen LogP contribution in [0.4, 0.5) is 8.78 Å². The Bertz CT molecular complexity index is 1290. The Morgan fingerprint density at radius 2 is 1.84 bits per heavy atom. The molecule has 0 aliphatic carbocycles. The molecule has 0 bridgehead atoms. The van der Waals surface area contributed by atoms with Gasteiger partial charge in [-0.05, 0) is 47.0 Å². The lowest BCUT2D eigenvalue weighted by molar-refractivity contribution is 0.216. The Kier molecular flexibility index (Phi) is 3.94. The number of rotatable bonds is 2. The monoisotopic (exact) mass is 418 g/mol. The second-order valence-corrected chi connectivity index (χ2v) is 7.69. The van der Waals surface area contributed by atoms with E-state index in [1.54, 1.807) is 18.3 Å². The predicted molar refractivity (Wildman–Crippen MR) is 110 cm³/mol. The molecule has 5 nitrogen and oxygen atoms in total. The lowest BCUT2D eigenvalue weighted by Gasteiger charge is -2.34. The summed E-state index contributed by atoms with van der Waals surface area (Å²) in [5.41, 5.74) is 3.38. The molecule has 3 aromatic rings. The molecule has 0 unspecified atom stereocenters. The van der Waals surface area contributed by atoms with Gasteiger partial charge in [-0.2, -0.15) is 0 Å². The summed E-state index contributed by atoms with van der Waals surface area (Å²) in [6, 6.07) is 10.2. The molecule has 3 aliphatic rings. The minimum atomic E-state index is -0.962. The second-order valence-electron chi connectivity index (χ2n) is 7.69. The summed E-state index contributed by atoms with van der Waals surface area (Å²) in [5, 5.41) is 0. The highest BCUT2D eigenvalue weighted by molar-refractivity contribution is 5.74. The second kappa shape index (κ2) is 6.72. The van der Waals surface area contributed by atoms with E-state index >= 15 is 4.39 Å². The first-order chi connectivity index (χ1) is 15.1. The summed E-state index contributed by atoms with van der Waals surface area (Å²) in [6.07, 6.45) is 6.07. The fourth-order valence-corrected chi connectivity index (χ4v) is 4.34. The van der Waals surface area contributed by atoms with Gasteiger partial charge in [0.2, 0.25) is 0 Å². The van der Waals surface area contributed by atoms with Crippen LogP contribution >= 0.6 is 0 Å². The van der Waals surface area contributed by atoms with Gasteiger partial charge < -0.3 is 14.2 Å². The topological polar surface area (TPSA) is 52.9 Å². The van der Waals surface area contributed by atoms with E-state index in [1.807, 2.05) is 18.2 Å². The zero-order chi connectivity index (χ0) is 21.0. The third-order valence-electron chi connectivity index (χ3n) is 5.88. The van der Waals surface area contributed by atoms with Gasteiger partial charge in [-0.25, -0.2) is 13.8 Å². The van der Waals surface area contributed by atoms with Crippen molar-refractivity contribution in [1.82, 2.24) is 4.98 Å². The molecule has 0 radical (unpaired) electrons. The maximum Gasteiger partial charge on any atom is 0.170 e. The number of aromatic nitrogens is 1. The Balaban J connectivity index is 1.55. The highest BCUT2D eigenvalue weighted by atomic mass is 19.1. The summed E-state index contributed by atoms with van der Waals surface area (Å²) < 4.78 is 45.8. The van der Waals surface area contributed by atoms with Crippen molar-refractivity contribution in [2.75, 3.05) is 19.8 Å². The molecule has 0 saturated heterocycles. The van der Waals surface area contributed by atoms with Gasteiger partial charge in [-0.3, -0.25) is 4.98 Å². The van der Waals surface area contributed by atoms with Crippen molar-refractivity contribution >= 4 is 12.0 Å². The molecule has 3 aliphatic heterocycles. The van der Waals surface area contributed by atoms with Crippen LogP contribution in [-0.2, 0) is 15.0 Å². The fourth-order valence-electron chi connectivity index (χ4n) is 4.34. The highest BCUT2D eigenvalue weighted by Gasteiger charge is 2.46. The minimum Gasteiger partial charge on any atom is -0.480 e. The van der Waals surface area contributed by atoms with Crippen molar-refractivity contribution in [3.63, 3.8) is 0 Å². The van der Waals surface area contributed by atoms with Crippen LogP contribution in [0, 0.1) is 11.6 Å². The van der Waals surface area contributed by atoms with E-state index in [0.29, 0.717) is 30.1 Å². The Hall–Kier alpha value is -3.58. The molecule has 4 heterocycles. The summed E-state index contributed by atoms with van der Waals surface area (Å²) in [7, 11) is 0. The van der Waals surface area contributed by atoms with Crippen molar-refractivity contribution in [2.24, 2.45) is 4.99 Å². The number of hydrogen-bond acceptors (Lipinski definition) is 5. The third kappa shape index (κ3) is 2.77. The Labute approximate surface area is 176 Å². The third-order valence-corrected chi connectivity index (χ3v) is 5.88. The smallest absolute Gasteiger partial charge is 0.170 e. The number of pyridine rings is 1. The first-order valence-electron chi connectivity index (χ1n) is 9.84. The van der Waals surface area contributed by atoms with E-state index in [2.05, 4.69) is 9.98 Å². The van der Waals surface area contributed by atoms with Crippen LogP contribution < -0.4 is 4.74 Å². The first-order valence-corrected chi connectivity index (χ1v) is 9.84. The molecule has 2 aromatic carbocycles. The molecule has 31 heavy (non-hydrogen) atoms. The quantitative estimate of drug-likeness (QED) is 0.597. The molecule has 1 aromatic heterocycles. The number of benzene rings is 2. The zero-order valence-electron chi connectivity index (χ0n) is 16.3. The number of aliphatic imine (C=N–C) groups is 1. The maximum atomic E-state index is 15.2. The van der Waals surface area contributed by atoms with Crippen molar-refractivity contribution in [3.05, 3.63) is 83.2 Å². The molecule has 6 rings (SSSR count). The van der Waals surface area contributed by atoms with Crippen molar-refractivity contribution in [2.45, 2.75) is 5.54 Å². The molecular weight excluding hydrogens is 402 g/mol. The molecule has 1 spiro atoms. The van der Waals surface area contributed by atoms with Crippen molar-refractivity contribution in [3.8, 4) is 22.6 Å². The number of halogens is 2. The van der Waals surface area contributed by atoms with Gasteiger partial charge >= 0.3 is 0 Å². The van der Waals surface area contributed by atoms with E-state index in [4.69, 9.17) is 14.2 Å². The maximum absolute atomic E-state index is 15.2. The van der Waals surface area contributed by atoms with Gasteiger partial charge in [0.05, 0.1) is 19.4 Å². The van der Waals surface area contributed by atoms with E-state index in [-0.39, 0.29) is 12.4 Å². The normalized spacial score (nSPS) is 20.8. The molecule has 7 heteroatoms. The van der Waals surface area contributed by atoms with Crippen LogP contribution in [0.1, 0.15) is 16.7 Å². The Morgan fingerprint density at radius 1 is 0.935 bits per heavy atom. The van der Waals surface area contributed by atoms with Crippen LogP contribution in [0.25, 0.3) is 16.7 Å². The summed E-state index contributed by atoms with van der Waals surface area (Å²) in [4.78, 5) is 8.57. The molecular formula is C24H16F2N2O3. The molecule has 0 saturated carbocycles. The van der Waals surface area contributed by atoms with Crippen molar-refractivity contribution in [1.29, 1.82) is 0 Å². The van der Waals surface area contributed by atoms with E-state index in [0.717, 1.165) is 28.5 Å². The van der Waals surface area contributed by atoms with Crippen molar-refractivity contribution < 1.29 is 23.0 Å². The van der Waals surface area contributed by atoms with E-state index in [1.165, 1.54) is 18.5 Å². The predicted octanol–water partition coefficient (Wildman–Crippen LogP) is 4.85. The van der Waals surface area contributed by atoms with Crippen LogP contribution in [-0.4, -0.2) is 31.2 Å². The van der Waals surface area contributed by atoms with Gasteiger partial charge in [-0.15, -0.1) is 0 Å². The largest absolute Gasteiger partial charge is 0.480 e. The number of hydrogen-bond donors (Lipinski definition) is 0. The SMILES string of the molecule is Fc1cncc(-c2ccc3c(c2)[C@@]2(COC=N2)c2cc(C4=CCOC4)cc(F)c2O3)c1. The Morgan fingerprint density at radius 3 is 2.61 bits per heavy atom. The van der Waals surface area contributed by atoms with Gasteiger partial charge in [0.25, 0.3) is 0 Å². The van der Waals surface area contributed by atoms with Crippen LogP contribution in [0.15, 0.2) is 59.9 Å². The van der Waals surface area contributed by atoms with Crippen LogP contribution in [0.5, 0.6) is 11.5 Å².